The van der Waals surface area contributed by atoms with Gasteiger partial charge in [-0.2, -0.15) is 0 Å². The Morgan fingerprint density at radius 2 is 1.76 bits per heavy atom. The molecule has 2 heterocycles. The molecule has 1 atom stereocenters. The number of para-hydroxylation sites is 1. The molecule has 4 rings (SSSR count). The largest absolute Gasteiger partial charge is 0.350 e. The van der Waals surface area contributed by atoms with Crippen LogP contribution in [0.1, 0.15) is 22.1 Å². The van der Waals surface area contributed by atoms with E-state index in [0.29, 0.717) is 5.02 Å². The lowest BCUT2D eigenvalue weighted by atomic mass is 10.0. The van der Waals surface area contributed by atoms with Crippen molar-refractivity contribution in [1.82, 2.24) is 9.47 Å². The fraction of sp³-hybridized carbons (Fsp3) is 0.150. The Bertz CT molecular complexity index is 949. The summed E-state index contributed by atoms with van der Waals surface area (Å²) in [6.45, 7) is 0. The van der Waals surface area contributed by atoms with Crippen LogP contribution in [0.15, 0.2) is 67.0 Å². The van der Waals surface area contributed by atoms with Crippen LogP contribution < -0.4 is 4.90 Å². The van der Waals surface area contributed by atoms with Gasteiger partial charge in [0, 0.05) is 42.8 Å². The van der Waals surface area contributed by atoms with Gasteiger partial charge in [0.2, 0.25) is 0 Å². The molecule has 1 aliphatic rings. The van der Waals surface area contributed by atoms with Crippen LogP contribution in [-0.4, -0.2) is 29.5 Å². The number of nitrogens with zero attached hydrogens (tertiary/aromatic N) is 3. The van der Waals surface area contributed by atoms with Crippen LogP contribution in [0.3, 0.4) is 0 Å². The molecule has 0 radical (unpaired) electrons. The highest BCUT2D eigenvalue weighted by Gasteiger charge is 2.34. The van der Waals surface area contributed by atoms with Crippen LogP contribution in [0.2, 0.25) is 5.02 Å². The number of hydrogen-bond acceptors (Lipinski definition) is 2. The van der Waals surface area contributed by atoms with E-state index in [9.17, 15) is 4.79 Å². The Morgan fingerprint density at radius 1 is 0.960 bits per heavy atom. The summed E-state index contributed by atoms with van der Waals surface area (Å²) in [6, 6.07) is 17.5. The van der Waals surface area contributed by atoms with E-state index in [1.54, 1.807) is 4.90 Å². The lowest BCUT2D eigenvalue weighted by Gasteiger charge is -2.41. The molecule has 3 aromatic rings. The number of halogens is 1. The smallest absolute Gasteiger partial charge is 0.257 e. The summed E-state index contributed by atoms with van der Waals surface area (Å²) in [4.78, 5) is 16.7. The van der Waals surface area contributed by atoms with Gasteiger partial charge in [0.25, 0.3) is 5.91 Å². The van der Waals surface area contributed by atoms with Crippen LogP contribution >= 0.6 is 11.6 Å². The molecule has 0 N–H and O–H groups in total. The molecule has 2 aromatic carbocycles. The molecule has 126 valence electrons. The second-order valence-corrected chi connectivity index (χ2v) is 6.69. The molecular formula is C20H18ClN3O. The standard InChI is InChI=1S/C20H18ClN3O/c1-22-18-9-4-3-8-17(18)20(25)23(2)19(22)14-10-11-24(13-14)16-7-5-6-15(21)12-16/h3-13,19H,1-2H3. The van der Waals surface area contributed by atoms with E-state index in [2.05, 4.69) is 4.90 Å². The average Bonchev–Trinajstić information content (AvgIpc) is 3.10. The zero-order valence-corrected chi connectivity index (χ0v) is 14.8. The van der Waals surface area contributed by atoms with E-state index < -0.39 is 0 Å². The second-order valence-electron chi connectivity index (χ2n) is 6.25. The summed E-state index contributed by atoms with van der Waals surface area (Å²) in [5.74, 6) is 0.0363. The fourth-order valence-corrected chi connectivity index (χ4v) is 3.65. The van der Waals surface area contributed by atoms with Crippen molar-refractivity contribution in [3.63, 3.8) is 0 Å². The number of anilines is 1. The zero-order valence-electron chi connectivity index (χ0n) is 14.1. The summed E-state index contributed by atoms with van der Waals surface area (Å²) in [5.41, 5.74) is 3.73. The van der Waals surface area contributed by atoms with Crippen LogP contribution in [-0.2, 0) is 0 Å². The predicted molar refractivity (Wildman–Crippen MR) is 100 cm³/mol. The maximum atomic E-state index is 12.7. The van der Waals surface area contributed by atoms with E-state index in [1.165, 1.54) is 0 Å². The van der Waals surface area contributed by atoms with Gasteiger partial charge in [-0.15, -0.1) is 0 Å². The predicted octanol–water partition coefficient (Wildman–Crippen LogP) is 4.35. The lowest BCUT2D eigenvalue weighted by molar-refractivity contribution is 0.0711. The highest BCUT2D eigenvalue weighted by atomic mass is 35.5. The van der Waals surface area contributed by atoms with E-state index >= 15 is 0 Å². The first-order valence-electron chi connectivity index (χ1n) is 8.09. The number of carbonyl (C=O) groups is 1. The topological polar surface area (TPSA) is 28.5 Å². The van der Waals surface area contributed by atoms with Gasteiger partial charge in [-0.1, -0.05) is 29.8 Å². The van der Waals surface area contributed by atoms with Crippen LogP contribution in [0.4, 0.5) is 5.69 Å². The van der Waals surface area contributed by atoms with Crippen molar-refractivity contribution in [3.8, 4) is 5.69 Å². The van der Waals surface area contributed by atoms with E-state index in [0.717, 1.165) is 22.5 Å². The highest BCUT2D eigenvalue weighted by molar-refractivity contribution is 6.30. The molecule has 1 amide bonds. The molecule has 0 saturated carbocycles. The summed E-state index contributed by atoms with van der Waals surface area (Å²) in [7, 11) is 3.86. The molecule has 0 spiro atoms. The van der Waals surface area contributed by atoms with Gasteiger partial charge in [-0.25, -0.2) is 0 Å². The molecule has 0 aliphatic carbocycles. The Morgan fingerprint density at radius 3 is 2.56 bits per heavy atom. The van der Waals surface area contributed by atoms with Crippen molar-refractivity contribution in [1.29, 1.82) is 0 Å². The molecule has 25 heavy (non-hydrogen) atoms. The number of amides is 1. The first-order chi connectivity index (χ1) is 12.1. The normalized spacial score (nSPS) is 16.9. The molecule has 1 unspecified atom stereocenters. The van der Waals surface area contributed by atoms with Gasteiger partial charge >= 0.3 is 0 Å². The third-order valence-corrected chi connectivity index (χ3v) is 4.92. The Balaban J connectivity index is 1.74. The number of carbonyl (C=O) groups excluding carboxylic acids is 1. The molecule has 1 aromatic heterocycles. The average molecular weight is 352 g/mol. The quantitative estimate of drug-likeness (QED) is 0.686. The number of hydrogen-bond donors (Lipinski definition) is 0. The maximum absolute atomic E-state index is 12.7. The lowest BCUT2D eigenvalue weighted by Crippen LogP contribution is -2.45. The number of aromatic nitrogens is 1. The molecule has 0 saturated heterocycles. The van der Waals surface area contributed by atoms with Crippen molar-refractivity contribution in [2.75, 3.05) is 19.0 Å². The van der Waals surface area contributed by atoms with Gasteiger partial charge in [0.15, 0.2) is 0 Å². The minimum atomic E-state index is -0.150. The third kappa shape index (κ3) is 2.59. The highest BCUT2D eigenvalue weighted by Crippen LogP contribution is 2.36. The third-order valence-electron chi connectivity index (χ3n) is 4.69. The number of rotatable bonds is 2. The maximum Gasteiger partial charge on any atom is 0.257 e. The van der Waals surface area contributed by atoms with Crippen molar-refractivity contribution in [3.05, 3.63) is 83.1 Å². The second kappa shape index (κ2) is 5.97. The molecule has 1 aliphatic heterocycles. The minimum Gasteiger partial charge on any atom is -0.350 e. The van der Waals surface area contributed by atoms with Gasteiger partial charge in [0.05, 0.1) is 11.3 Å². The number of benzene rings is 2. The SMILES string of the molecule is CN1C(=O)c2ccccc2N(C)C1c1ccn(-c2cccc(Cl)c2)c1. The summed E-state index contributed by atoms with van der Waals surface area (Å²) >= 11 is 6.10. The molecule has 4 nitrogen and oxygen atoms in total. The van der Waals surface area contributed by atoms with Crippen molar-refractivity contribution in [2.24, 2.45) is 0 Å². The fourth-order valence-electron chi connectivity index (χ4n) is 3.46. The van der Waals surface area contributed by atoms with Gasteiger partial charge in [0.1, 0.15) is 6.17 Å². The van der Waals surface area contributed by atoms with Crippen molar-refractivity contribution >= 4 is 23.2 Å². The Kier molecular flexibility index (Phi) is 3.77. The van der Waals surface area contributed by atoms with Gasteiger partial charge in [-0.05, 0) is 36.4 Å². The van der Waals surface area contributed by atoms with E-state index in [4.69, 9.17) is 11.6 Å². The van der Waals surface area contributed by atoms with Crippen LogP contribution in [0.25, 0.3) is 5.69 Å². The van der Waals surface area contributed by atoms with Gasteiger partial charge < -0.3 is 14.4 Å². The molecule has 5 heteroatoms. The first kappa shape index (κ1) is 15.8. The summed E-state index contributed by atoms with van der Waals surface area (Å²) in [5, 5.41) is 0.698. The monoisotopic (exact) mass is 351 g/mol. The number of fused-ring (bicyclic) bond motifs is 1. The van der Waals surface area contributed by atoms with Gasteiger partial charge in [-0.3, -0.25) is 4.79 Å². The van der Waals surface area contributed by atoms with E-state index in [-0.39, 0.29) is 12.1 Å². The minimum absolute atomic E-state index is 0.0363. The summed E-state index contributed by atoms with van der Waals surface area (Å²) < 4.78 is 2.02. The van der Waals surface area contributed by atoms with E-state index in [1.807, 2.05) is 85.7 Å². The van der Waals surface area contributed by atoms with Crippen molar-refractivity contribution < 1.29 is 4.79 Å². The Hall–Kier alpha value is -2.72. The zero-order chi connectivity index (χ0) is 17.6. The molecule has 0 fully saturated rings. The van der Waals surface area contributed by atoms with Crippen molar-refractivity contribution in [2.45, 2.75) is 6.17 Å². The molecule has 0 bridgehead atoms. The summed E-state index contributed by atoms with van der Waals surface area (Å²) in [6.07, 6.45) is 3.89. The Labute approximate surface area is 151 Å². The first-order valence-corrected chi connectivity index (χ1v) is 8.47. The van der Waals surface area contributed by atoms with Crippen LogP contribution in [0, 0.1) is 0 Å². The van der Waals surface area contributed by atoms with Crippen LogP contribution in [0.5, 0.6) is 0 Å². The molecular weight excluding hydrogens is 334 g/mol.